The number of amides is 1. The lowest BCUT2D eigenvalue weighted by atomic mass is 10.1. The number of hydrogen-bond donors (Lipinski definition) is 1. The number of rotatable bonds is 2. The van der Waals surface area contributed by atoms with Crippen molar-refractivity contribution in [2.75, 3.05) is 11.9 Å². The van der Waals surface area contributed by atoms with Crippen LogP contribution in [-0.2, 0) is 13.5 Å². The van der Waals surface area contributed by atoms with Gasteiger partial charge >= 0.3 is 0 Å². The molecular weight excluding hydrogens is 276 g/mol. The van der Waals surface area contributed by atoms with Gasteiger partial charge in [0.05, 0.1) is 6.61 Å². The molecule has 1 aliphatic rings. The first kappa shape index (κ1) is 13.0. The third-order valence-corrected chi connectivity index (χ3v) is 4.09. The Bertz CT molecular complexity index is 880. The minimum absolute atomic E-state index is 0.0929. The highest BCUT2D eigenvalue weighted by atomic mass is 16.5. The maximum absolute atomic E-state index is 12.4. The molecule has 4 nitrogen and oxygen atoms in total. The lowest BCUT2D eigenvalue weighted by Gasteiger charge is -2.07. The molecule has 2 heterocycles. The zero-order chi connectivity index (χ0) is 15.1. The van der Waals surface area contributed by atoms with Crippen LogP contribution in [0.4, 0.5) is 5.69 Å². The first-order valence-corrected chi connectivity index (χ1v) is 7.33. The van der Waals surface area contributed by atoms with Gasteiger partial charge in [-0.25, -0.2) is 0 Å². The minimum Gasteiger partial charge on any atom is -0.493 e. The summed E-state index contributed by atoms with van der Waals surface area (Å²) in [6, 6.07) is 13.5. The van der Waals surface area contributed by atoms with Crippen molar-refractivity contribution in [2.24, 2.45) is 7.05 Å². The molecule has 2 aromatic carbocycles. The van der Waals surface area contributed by atoms with E-state index in [1.807, 2.05) is 60.3 Å². The van der Waals surface area contributed by atoms with Crippen LogP contribution in [0.25, 0.3) is 10.9 Å². The van der Waals surface area contributed by atoms with Crippen molar-refractivity contribution in [3.63, 3.8) is 0 Å². The van der Waals surface area contributed by atoms with Gasteiger partial charge in [-0.3, -0.25) is 4.79 Å². The molecule has 1 aromatic heterocycles. The van der Waals surface area contributed by atoms with Crippen LogP contribution in [0.5, 0.6) is 5.75 Å². The van der Waals surface area contributed by atoms with Crippen LogP contribution >= 0.6 is 0 Å². The monoisotopic (exact) mass is 292 g/mol. The minimum atomic E-state index is -0.0929. The average Bonchev–Trinajstić information content (AvgIpc) is 3.13. The number of aromatic nitrogens is 1. The summed E-state index contributed by atoms with van der Waals surface area (Å²) in [6.45, 7) is 0.720. The first-order valence-electron chi connectivity index (χ1n) is 7.33. The molecule has 0 radical (unpaired) electrons. The number of fused-ring (bicyclic) bond motifs is 2. The molecule has 0 saturated carbocycles. The summed E-state index contributed by atoms with van der Waals surface area (Å²) in [7, 11) is 1.99. The molecule has 0 fully saturated rings. The number of nitrogens with one attached hydrogen (secondary N) is 1. The highest BCUT2D eigenvalue weighted by molar-refractivity contribution is 6.06. The van der Waals surface area contributed by atoms with Crippen LogP contribution in [0, 0.1) is 0 Å². The number of carbonyl (C=O) groups excluding carboxylic acids is 1. The van der Waals surface area contributed by atoms with Gasteiger partial charge in [0.1, 0.15) is 5.75 Å². The summed E-state index contributed by atoms with van der Waals surface area (Å²) in [6.07, 6.45) is 2.89. The number of anilines is 1. The van der Waals surface area contributed by atoms with E-state index in [1.54, 1.807) is 0 Å². The number of ether oxygens (including phenoxy) is 1. The van der Waals surface area contributed by atoms with Gasteiger partial charge in [-0.2, -0.15) is 0 Å². The SMILES string of the molecule is Cn1ccc2cc(C(=O)Nc3ccc4c(c3)CCO4)ccc21. The fourth-order valence-corrected chi connectivity index (χ4v) is 2.89. The van der Waals surface area contributed by atoms with Crippen LogP contribution in [0.2, 0.25) is 0 Å². The lowest BCUT2D eigenvalue weighted by Crippen LogP contribution is -2.11. The Morgan fingerprint density at radius 2 is 2.09 bits per heavy atom. The molecule has 0 aliphatic carbocycles. The van der Waals surface area contributed by atoms with Gasteiger partial charge in [-0.1, -0.05) is 0 Å². The summed E-state index contributed by atoms with van der Waals surface area (Å²) in [4.78, 5) is 12.4. The van der Waals surface area contributed by atoms with Crippen molar-refractivity contribution in [2.45, 2.75) is 6.42 Å². The van der Waals surface area contributed by atoms with Crippen molar-refractivity contribution in [1.29, 1.82) is 0 Å². The van der Waals surface area contributed by atoms with E-state index in [1.165, 1.54) is 0 Å². The molecule has 0 atom stereocenters. The van der Waals surface area contributed by atoms with Gasteiger partial charge < -0.3 is 14.6 Å². The molecule has 1 aliphatic heterocycles. The van der Waals surface area contributed by atoms with E-state index >= 15 is 0 Å². The van der Waals surface area contributed by atoms with Gasteiger partial charge in [0.15, 0.2) is 0 Å². The second-order valence-corrected chi connectivity index (χ2v) is 5.58. The van der Waals surface area contributed by atoms with Gasteiger partial charge in [0, 0.05) is 41.8 Å². The number of aryl methyl sites for hydroxylation is 1. The largest absolute Gasteiger partial charge is 0.493 e. The molecule has 0 bridgehead atoms. The van der Waals surface area contributed by atoms with E-state index in [4.69, 9.17) is 4.74 Å². The number of nitrogens with zero attached hydrogens (tertiary/aromatic N) is 1. The zero-order valence-electron chi connectivity index (χ0n) is 12.3. The van der Waals surface area contributed by atoms with Gasteiger partial charge in [-0.15, -0.1) is 0 Å². The molecule has 110 valence electrons. The second kappa shape index (κ2) is 4.91. The van der Waals surface area contributed by atoms with E-state index in [-0.39, 0.29) is 5.91 Å². The molecule has 22 heavy (non-hydrogen) atoms. The number of benzene rings is 2. The average molecular weight is 292 g/mol. The van der Waals surface area contributed by atoms with Crippen LogP contribution < -0.4 is 10.1 Å². The van der Waals surface area contributed by atoms with Gasteiger partial charge in [-0.05, 0) is 48.0 Å². The fourth-order valence-electron chi connectivity index (χ4n) is 2.89. The van der Waals surface area contributed by atoms with E-state index in [2.05, 4.69) is 5.32 Å². The van der Waals surface area contributed by atoms with Crippen LogP contribution in [0.15, 0.2) is 48.7 Å². The topological polar surface area (TPSA) is 43.3 Å². The molecule has 0 unspecified atom stereocenters. The lowest BCUT2D eigenvalue weighted by molar-refractivity contribution is 0.102. The standard InChI is InChI=1S/C18H16N2O2/c1-20-8-6-12-10-14(2-4-16(12)20)18(21)19-15-3-5-17-13(11-15)7-9-22-17/h2-6,8,10-11H,7,9H2,1H3,(H,19,21). The third-order valence-electron chi connectivity index (χ3n) is 4.09. The molecule has 3 aromatic rings. The Labute approximate surface area is 128 Å². The zero-order valence-corrected chi connectivity index (χ0v) is 12.3. The predicted molar refractivity (Wildman–Crippen MR) is 86.5 cm³/mol. The normalized spacial score (nSPS) is 13.0. The van der Waals surface area contributed by atoms with Crippen molar-refractivity contribution in [3.8, 4) is 5.75 Å². The summed E-state index contributed by atoms with van der Waals surface area (Å²) in [5.41, 5.74) is 3.74. The molecule has 4 heteroatoms. The molecule has 1 amide bonds. The van der Waals surface area contributed by atoms with Crippen molar-refractivity contribution in [3.05, 3.63) is 59.8 Å². The van der Waals surface area contributed by atoms with Gasteiger partial charge in [0.25, 0.3) is 5.91 Å². The predicted octanol–water partition coefficient (Wildman–Crippen LogP) is 3.37. The maximum Gasteiger partial charge on any atom is 0.255 e. The van der Waals surface area contributed by atoms with Crippen LogP contribution in [0.3, 0.4) is 0 Å². The van der Waals surface area contributed by atoms with Crippen molar-refractivity contribution in [1.82, 2.24) is 4.57 Å². The molecule has 1 N–H and O–H groups in total. The number of carbonyl (C=O) groups is 1. The van der Waals surface area contributed by atoms with E-state index in [0.717, 1.165) is 40.9 Å². The Balaban J connectivity index is 1.60. The Hall–Kier alpha value is -2.75. The molecular formula is C18H16N2O2. The Morgan fingerprint density at radius 1 is 1.18 bits per heavy atom. The summed E-state index contributed by atoms with van der Waals surface area (Å²) in [5, 5.41) is 4.03. The van der Waals surface area contributed by atoms with Crippen LogP contribution in [0.1, 0.15) is 15.9 Å². The van der Waals surface area contributed by atoms with E-state index < -0.39 is 0 Å². The third kappa shape index (κ3) is 2.13. The van der Waals surface area contributed by atoms with E-state index in [0.29, 0.717) is 5.56 Å². The Kier molecular flexibility index (Phi) is 2.89. The first-order chi connectivity index (χ1) is 10.7. The van der Waals surface area contributed by atoms with Crippen molar-refractivity contribution >= 4 is 22.5 Å². The summed E-state index contributed by atoms with van der Waals surface area (Å²) < 4.78 is 7.52. The Morgan fingerprint density at radius 3 is 3.00 bits per heavy atom. The second-order valence-electron chi connectivity index (χ2n) is 5.58. The van der Waals surface area contributed by atoms with Crippen molar-refractivity contribution < 1.29 is 9.53 Å². The summed E-state index contributed by atoms with van der Waals surface area (Å²) in [5.74, 6) is 0.827. The van der Waals surface area contributed by atoms with Crippen LogP contribution in [-0.4, -0.2) is 17.1 Å². The molecule has 4 rings (SSSR count). The molecule has 0 spiro atoms. The highest BCUT2D eigenvalue weighted by Gasteiger charge is 2.14. The smallest absolute Gasteiger partial charge is 0.255 e. The summed E-state index contributed by atoms with van der Waals surface area (Å²) >= 11 is 0. The quantitative estimate of drug-likeness (QED) is 0.787. The van der Waals surface area contributed by atoms with Gasteiger partial charge in [0.2, 0.25) is 0 Å². The van der Waals surface area contributed by atoms with E-state index in [9.17, 15) is 4.79 Å². The maximum atomic E-state index is 12.4. The highest BCUT2D eigenvalue weighted by Crippen LogP contribution is 2.28. The molecule has 0 saturated heterocycles. The number of hydrogen-bond acceptors (Lipinski definition) is 2. The fraction of sp³-hybridized carbons (Fsp3) is 0.167.